The number of thiophene rings is 1. The van der Waals surface area contributed by atoms with Crippen LogP contribution in [0.2, 0.25) is 0 Å². The molecule has 0 saturated heterocycles. The average molecular weight is 499 g/mol. The number of rotatable bonds is 7. The third-order valence-corrected chi connectivity index (χ3v) is 7.21. The van der Waals surface area contributed by atoms with Crippen LogP contribution >= 0.6 is 11.3 Å². The molecule has 4 aromatic rings. The van der Waals surface area contributed by atoms with Crippen molar-refractivity contribution in [3.05, 3.63) is 112 Å². The zero-order chi connectivity index (χ0) is 24.9. The highest BCUT2D eigenvalue weighted by molar-refractivity contribution is 7.17. The molecule has 6 nitrogen and oxygen atoms in total. The van der Waals surface area contributed by atoms with Crippen molar-refractivity contribution in [2.45, 2.75) is 19.5 Å². The molecular weight excluding hydrogens is 472 g/mol. The van der Waals surface area contributed by atoms with Gasteiger partial charge < -0.3 is 14.8 Å². The van der Waals surface area contributed by atoms with Crippen LogP contribution in [-0.2, 0) is 24.2 Å². The summed E-state index contributed by atoms with van der Waals surface area (Å²) in [6.07, 6.45) is 0.722. The molecule has 0 bridgehead atoms. The largest absolute Gasteiger partial charge is 0.465 e. The Morgan fingerprint density at radius 3 is 2.42 bits per heavy atom. The van der Waals surface area contributed by atoms with E-state index < -0.39 is 5.97 Å². The van der Waals surface area contributed by atoms with Crippen molar-refractivity contribution in [1.82, 2.24) is 4.90 Å². The fourth-order valence-corrected chi connectivity index (χ4v) is 5.61. The van der Waals surface area contributed by atoms with E-state index in [1.165, 1.54) is 24.0 Å². The predicted octanol–water partition coefficient (Wildman–Crippen LogP) is 6.14. The van der Waals surface area contributed by atoms with Gasteiger partial charge in [-0.2, -0.15) is 0 Å². The number of fused-ring (bicyclic) bond motifs is 1. The summed E-state index contributed by atoms with van der Waals surface area (Å²) >= 11 is 1.44. The maximum atomic E-state index is 13.2. The van der Waals surface area contributed by atoms with Gasteiger partial charge in [-0.15, -0.1) is 11.3 Å². The fourth-order valence-electron chi connectivity index (χ4n) is 4.34. The molecule has 1 amide bonds. The monoisotopic (exact) mass is 498 g/mol. The van der Waals surface area contributed by atoms with Crippen molar-refractivity contribution in [3.8, 4) is 11.5 Å². The van der Waals surface area contributed by atoms with Gasteiger partial charge in [0.25, 0.3) is 5.91 Å². The number of nitrogens with zero attached hydrogens (tertiary/aromatic N) is 1. The highest BCUT2D eigenvalue weighted by Gasteiger charge is 2.29. The number of esters is 1. The second-order valence-electron chi connectivity index (χ2n) is 8.54. The van der Waals surface area contributed by atoms with Crippen molar-refractivity contribution in [1.29, 1.82) is 0 Å². The number of hydrogen-bond acceptors (Lipinski definition) is 6. The molecule has 1 aromatic heterocycles. The maximum Gasteiger partial charge on any atom is 0.341 e. The number of benzene rings is 3. The Morgan fingerprint density at radius 1 is 0.944 bits per heavy atom. The van der Waals surface area contributed by atoms with Crippen molar-refractivity contribution in [2.24, 2.45) is 0 Å². The number of nitrogens with one attached hydrogen (secondary N) is 1. The highest BCUT2D eigenvalue weighted by Crippen LogP contribution is 2.38. The van der Waals surface area contributed by atoms with E-state index in [-0.39, 0.29) is 5.91 Å². The minimum absolute atomic E-state index is 0.307. The van der Waals surface area contributed by atoms with Crippen LogP contribution in [0.3, 0.4) is 0 Å². The van der Waals surface area contributed by atoms with Crippen molar-refractivity contribution >= 4 is 28.2 Å². The first-order chi connectivity index (χ1) is 17.6. The molecule has 5 rings (SSSR count). The first-order valence-corrected chi connectivity index (χ1v) is 12.6. The van der Waals surface area contributed by atoms with Gasteiger partial charge in [0, 0.05) is 30.1 Å². The van der Waals surface area contributed by atoms with Crippen LogP contribution in [0.1, 0.15) is 36.7 Å². The molecule has 3 aromatic carbocycles. The van der Waals surface area contributed by atoms with Crippen LogP contribution in [0, 0.1) is 0 Å². The molecule has 0 fully saturated rings. The normalized spacial score (nSPS) is 13.0. The van der Waals surface area contributed by atoms with Crippen LogP contribution < -0.4 is 10.1 Å². The first kappa shape index (κ1) is 23.8. The van der Waals surface area contributed by atoms with Crippen LogP contribution in [0.5, 0.6) is 11.5 Å². The van der Waals surface area contributed by atoms with E-state index >= 15 is 0 Å². The number of hydrogen-bond donors (Lipinski definition) is 1. The maximum absolute atomic E-state index is 13.2. The molecule has 0 spiro atoms. The summed E-state index contributed by atoms with van der Waals surface area (Å²) in [5, 5.41) is 3.48. The third-order valence-electron chi connectivity index (χ3n) is 6.08. The molecule has 0 saturated carbocycles. The highest BCUT2D eigenvalue weighted by atomic mass is 32.1. The lowest BCUT2D eigenvalue weighted by molar-refractivity contribution is 0.0600. The lowest BCUT2D eigenvalue weighted by atomic mass is 10.0. The minimum Gasteiger partial charge on any atom is -0.465 e. The van der Waals surface area contributed by atoms with Gasteiger partial charge >= 0.3 is 5.97 Å². The molecular formula is C29H26N2O4S. The number of para-hydroxylation sites is 1. The number of methoxy groups -OCH3 is 1. The molecule has 1 aliphatic heterocycles. The molecule has 36 heavy (non-hydrogen) atoms. The van der Waals surface area contributed by atoms with Gasteiger partial charge in [-0.3, -0.25) is 9.69 Å². The average Bonchev–Trinajstić information content (AvgIpc) is 3.26. The quantitative estimate of drug-likeness (QED) is 0.310. The Kier molecular flexibility index (Phi) is 7.11. The van der Waals surface area contributed by atoms with Gasteiger partial charge in [0.2, 0.25) is 0 Å². The van der Waals surface area contributed by atoms with Gasteiger partial charge in [-0.05, 0) is 47.9 Å². The number of amides is 1. The van der Waals surface area contributed by atoms with Crippen LogP contribution in [0.15, 0.2) is 84.9 Å². The van der Waals surface area contributed by atoms with Crippen LogP contribution in [-0.4, -0.2) is 30.4 Å². The summed E-state index contributed by atoms with van der Waals surface area (Å²) < 4.78 is 10.9. The van der Waals surface area contributed by atoms with Gasteiger partial charge in [0.1, 0.15) is 16.5 Å². The molecule has 2 heterocycles. The van der Waals surface area contributed by atoms with Gasteiger partial charge in [-0.25, -0.2) is 4.79 Å². The summed E-state index contributed by atoms with van der Waals surface area (Å²) in [6.45, 7) is 2.38. The Morgan fingerprint density at radius 2 is 1.67 bits per heavy atom. The first-order valence-electron chi connectivity index (χ1n) is 11.7. The summed E-state index contributed by atoms with van der Waals surface area (Å²) in [7, 11) is 1.37. The van der Waals surface area contributed by atoms with E-state index in [2.05, 4.69) is 22.3 Å². The van der Waals surface area contributed by atoms with Gasteiger partial charge in [0.05, 0.1) is 12.7 Å². The Bertz CT molecular complexity index is 1370. The SMILES string of the molecule is COC(=O)c1c(NC(=O)c2cccc(Oc3ccccc3)c2)sc2c1CCN(Cc1ccccc1)C2. The Labute approximate surface area is 214 Å². The predicted molar refractivity (Wildman–Crippen MR) is 141 cm³/mol. The fraction of sp³-hybridized carbons (Fsp3) is 0.172. The second kappa shape index (κ2) is 10.8. The van der Waals surface area contributed by atoms with Gasteiger partial charge in [0.15, 0.2) is 0 Å². The minimum atomic E-state index is -0.430. The zero-order valence-electron chi connectivity index (χ0n) is 19.9. The summed E-state index contributed by atoms with van der Waals surface area (Å²) in [5.41, 5.74) is 3.11. The van der Waals surface area contributed by atoms with E-state index in [4.69, 9.17) is 9.47 Å². The number of carbonyl (C=O) groups is 2. The molecule has 182 valence electrons. The Balaban J connectivity index is 1.36. The van der Waals surface area contributed by atoms with Crippen molar-refractivity contribution < 1.29 is 19.1 Å². The number of anilines is 1. The lowest BCUT2D eigenvalue weighted by Crippen LogP contribution is -2.29. The summed E-state index contributed by atoms with van der Waals surface area (Å²) in [6, 6.07) is 26.7. The molecule has 1 aliphatic rings. The molecule has 0 unspecified atom stereocenters. The smallest absolute Gasteiger partial charge is 0.341 e. The molecule has 0 aliphatic carbocycles. The van der Waals surface area contributed by atoms with Crippen LogP contribution in [0.4, 0.5) is 5.00 Å². The summed E-state index contributed by atoms with van der Waals surface area (Å²) in [4.78, 5) is 29.3. The second-order valence-corrected chi connectivity index (χ2v) is 9.65. The molecule has 7 heteroatoms. The molecule has 0 atom stereocenters. The van der Waals surface area contributed by atoms with E-state index in [0.29, 0.717) is 27.6 Å². The van der Waals surface area contributed by atoms with Gasteiger partial charge in [-0.1, -0.05) is 54.6 Å². The zero-order valence-corrected chi connectivity index (χ0v) is 20.7. The lowest BCUT2D eigenvalue weighted by Gasteiger charge is -2.27. The van der Waals surface area contributed by atoms with Crippen LogP contribution in [0.25, 0.3) is 0 Å². The number of carbonyl (C=O) groups excluding carboxylic acids is 2. The van der Waals surface area contributed by atoms with E-state index in [1.54, 1.807) is 24.3 Å². The van der Waals surface area contributed by atoms with E-state index in [0.717, 1.165) is 36.5 Å². The Hall–Kier alpha value is -3.94. The summed E-state index contributed by atoms with van der Waals surface area (Å²) in [5.74, 6) is 0.511. The van der Waals surface area contributed by atoms with E-state index in [1.807, 2.05) is 48.5 Å². The standard InChI is InChI=1S/C29H26N2O4S/c1-34-29(33)26-24-15-16-31(18-20-9-4-2-5-10-20)19-25(24)36-28(26)30-27(32)21-11-8-14-23(17-21)35-22-12-6-3-7-13-22/h2-14,17H,15-16,18-19H2,1H3,(H,30,32). The third kappa shape index (κ3) is 5.32. The van der Waals surface area contributed by atoms with E-state index in [9.17, 15) is 9.59 Å². The topological polar surface area (TPSA) is 67.9 Å². The number of ether oxygens (including phenoxy) is 2. The van der Waals surface area contributed by atoms with Crippen molar-refractivity contribution in [2.75, 3.05) is 19.0 Å². The van der Waals surface area contributed by atoms with Crippen molar-refractivity contribution in [3.63, 3.8) is 0 Å². The molecule has 1 N–H and O–H groups in total. The molecule has 0 radical (unpaired) electrons.